The summed E-state index contributed by atoms with van der Waals surface area (Å²) in [5, 5.41) is 5.12. The molecule has 4 aromatic rings. The first-order valence-electron chi connectivity index (χ1n) is 12.9. The molecule has 42 heavy (non-hydrogen) atoms. The quantitative estimate of drug-likeness (QED) is 0.255. The van der Waals surface area contributed by atoms with Gasteiger partial charge in [-0.3, -0.25) is 9.59 Å². The number of carbonyl (C=O) groups excluding carboxylic acids is 4. The molecule has 0 bridgehead atoms. The van der Waals surface area contributed by atoms with Gasteiger partial charge in [-0.1, -0.05) is 60.7 Å². The fraction of sp³-hybridized carbons (Fsp3) is 0.125. The Bertz CT molecular complexity index is 1430. The third-order valence-electron chi connectivity index (χ3n) is 6.16. The lowest BCUT2D eigenvalue weighted by Gasteiger charge is -2.28. The van der Waals surface area contributed by atoms with Crippen molar-refractivity contribution in [3.63, 3.8) is 0 Å². The van der Waals surface area contributed by atoms with Crippen LogP contribution in [0.2, 0.25) is 0 Å². The second-order valence-corrected chi connectivity index (χ2v) is 9.05. The summed E-state index contributed by atoms with van der Waals surface area (Å²) in [6.07, 6.45) is 0. The predicted octanol–water partition coefficient (Wildman–Crippen LogP) is 4.58. The van der Waals surface area contributed by atoms with E-state index in [4.69, 9.17) is 9.47 Å². The van der Waals surface area contributed by atoms with E-state index in [9.17, 15) is 28.0 Å². The average Bonchev–Trinajstić information content (AvgIpc) is 3.02. The van der Waals surface area contributed by atoms with Crippen molar-refractivity contribution >= 4 is 23.8 Å². The Labute approximate surface area is 240 Å². The number of ether oxygens (including phenoxy) is 2. The predicted molar refractivity (Wildman–Crippen MR) is 149 cm³/mol. The molecule has 4 aromatic carbocycles. The van der Waals surface area contributed by atoms with Gasteiger partial charge in [0.15, 0.2) is 0 Å². The van der Waals surface area contributed by atoms with Crippen molar-refractivity contribution in [2.45, 2.75) is 12.1 Å². The Kier molecular flexibility index (Phi) is 10.1. The molecule has 0 saturated carbocycles. The van der Waals surface area contributed by atoms with Gasteiger partial charge in [0.2, 0.25) is 0 Å². The van der Waals surface area contributed by atoms with Gasteiger partial charge in [-0.2, -0.15) is 0 Å². The van der Waals surface area contributed by atoms with Gasteiger partial charge < -0.3 is 20.1 Å². The van der Waals surface area contributed by atoms with Gasteiger partial charge >= 0.3 is 11.9 Å². The number of benzene rings is 4. The van der Waals surface area contributed by atoms with E-state index in [0.29, 0.717) is 0 Å². The summed E-state index contributed by atoms with van der Waals surface area (Å²) in [6, 6.07) is 24.0. The minimum absolute atomic E-state index is 0.221. The third-order valence-corrected chi connectivity index (χ3v) is 6.16. The molecule has 0 unspecified atom stereocenters. The first kappa shape index (κ1) is 29.6. The van der Waals surface area contributed by atoms with Gasteiger partial charge in [0.1, 0.15) is 24.8 Å². The molecule has 0 aliphatic rings. The zero-order valence-corrected chi connectivity index (χ0v) is 22.2. The molecule has 0 heterocycles. The largest absolute Gasteiger partial charge is 0.460 e. The minimum Gasteiger partial charge on any atom is -0.460 e. The summed E-state index contributed by atoms with van der Waals surface area (Å²) in [6.45, 7) is -1.03. The van der Waals surface area contributed by atoms with Gasteiger partial charge in [0.25, 0.3) is 11.8 Å². The zero-order valence-electron chi connectivity index (χ0n) is 22.2. The summed E-state index contributed by atoms with van der Waals surface area (Å²) in [7, 11) is 0. The molecule has 214 valence electrons. The Morgan fingerprint density at radius 2 is 0.857 bits per heavy atom. The topological polar surface area (TPSA) is 111 Å². The number of halogens is 2. The van der Waals surface area contributed by atoms with Crippen molar-refractivity contribution in [3.8, 4) is 0 Å². The van der Waals surface area contributed by atoms with Crippen LogP contribution in [0.1, 0.15) is 41.4 Å². The van der Waals surface area contributed by atoms with Crippen LogP contribution in [0.15, 0.2) is 109 Å². The lowest BCUT2D eigenvalue weighted by atomic mass is 10.1. The smallest absolute Gasteiger partial charge is 0.338 e. The van der Waals surface area contributed by atoms with Crippen LogP contribution >= 0.6 is 0 Å². The van der Waals surface area contributed by atoms with Crippen LogP contribution in [-0.2, 0) is 9.47 Å². The highest BCUT2D eigenvalue weighted by molar-refractivity contribution is 5.96. The minimum atomic E-state index is -1.25. The van der Waals surface area contributed by atoms with Gasteiger partial charge in [0.05, 0.1) is 34.3 Å². The second-order valence-electron chi connectivity index (χ2n) is 9.05. The van der Waals surface area contributed by atoms with Crippen LogP contribution in [0.4, 0.5) is 8.78 Å². The Balaban J connectivity index is 1.62. The van der Waals surface area contributed by atoms with E-state index in [1.165, 1.54) is 60.7 Å². The molecule has 8 nitrogen and oxygen atoms in total. The van der Waals surface area contributed by atoms with Crippen molar-refractivity contribution in [2.24, 2.45) is 0 Å². The number of hydrogen-bond donors (Lipinski definition) is 2. The molecule has 2 N–H and O–H groups in total. The maximum absolute atomic E-state index is 14.4. The number of carbonyl (C=O) groups is 4. The maximum Gasteiger partial charge on any atom is 0.338 e. The molecule has 2 amide bonds. The maximum atomic E-state index is 14.4. The average molecular weight is 573 g/mol. The van der Waals surface area contributed by atoms with Gasteiger partial charge in [-0.05, 0) is 48.5 Å². The summed E-state index contributed by atoms with van der Waals surface area (Å²) in [4.78, 5) is 51.6. The summed E-state index contributed by atoms with van der Waals surface area (Å²) < 4.78 is 39.7. The fourth-order valence-electron chi connectivity index (χ4n) is 3.95. The van der Waals surface area contributed by atoms with Gasteiger partial charge in [0, 0.05) is 0 Å². The van der Waals surface area contributed by atoms with Crippen LogP contribution in [-0.4, -0.2) is 49.1 Å². The second kappa shape index (κ2) is 14.3. The van der Waals surface area contributed by atoms with Crippen molar-refractivity contribution in [2.75, 3.05) is 13.2 Å². The van der Waals surface area contributed by atoms with Gasteiger partial charge in [-0.15, -0.1) is 0 Å². The number of hydrogen-bond acceptors (Lipinski definition) is 6. The summed E-state index contributed by atoms with van der Waals surface area (Å²) >= 11 is 0. The molecule has 0 saturated heterocycles. The van der Waals surface area contributed by atoms with E-state index in [-0.39, 0.29) is 22.3 Å². The highest BCUT2D eigenvalue weighted by atomic mass is 19.1. The Morgan fingerprint density at radius 3 is 1.21 bits per heavy atom. The van der Waals surface area contributed by atoms with Crippen molar-refractivity contribution in [1.82, 2.24) is 10.6 Å². The molecular formula is C32H26F2N2O6. The highest BCUT2D eigenvalue weighted by Crippen LogP contribution is 2.12. The highest BCUT2D eigenvalue weighted by Gasteiger charge is 2.30. The van der Waals surface area contributed by atoms with Crippen LogP contribution in [0.25, 0.3) is 0 Å². The SMILES string of the molecule is O=C(OC[C@@H](NC(=O)c1ccccc1F)[C@@H](COC(=O)c1ccccc1)NC(=O)c1ccccc1F)c1ccccc1. The molecule has 0 radical (unpaired) electrons. The molecule has 0 aromatic heterocycles. The van der Waals surface area contributed by atoms with Crippen LogP contribution in [0, 0.1) is 11.6 Å². The van der Waals surface area contributed by atoms with E-state index in [1.807, 2.05) is 0 Å². The van der Waals surface area contributed by atoms with Crippen molar-refractivity contribution < 1.29 is 37.4 Å². The number of rotatable bonds is 11. The van der Waals surface area contributed by atoms with Crippen LogP contribution in [0.5, 0.6) is 0 Å². The molecule has 0 aliphatic heterocycles. The first-order chi connectivity index (χ1) is 20.3. The number of amides is 2. The molecule has 0 spiro atoms. The standard InChI is InChI=1S/C32H26F2N2O6/c33-25-17-9-7-15-23(25)29(37)35-27(19-41-31(39)21-11-3-1-4-12-21)28(20-42-32(40)22-13-5-2-6-14-22)36-30(38)24-16-8-10-18-26(24)34/h1-18,27-28H,19-20H2,(H,35,37)(H,36,38)/t27-,28-/m1/s1. The summed E-state index contributed by atoms with van der Waals surface area (Å²) in [5.74, 6) is -4.85. The van der Waals surface area contributed by atoms with E-state index in [2.05, 4.69) is 10.6 Å². The molecule has 0 fully saturated rings. The normalized spacial score (nSPS) is 12.0. The number of nitrogens with one attached hydrogen (secondary N) is 2. The Morgan fingerprint density at radius 1 is 0.524 bits per heavy atom. The van der Waals surface area contributed by atoms with E-state index in [0.717, 1.165) is 12.1 Å². The molecule has 10 heteroatoms. The van der Waals surface area contributed by atoms with Crippen LogP contribution in [0.3, 0.4) is 0 Å². The third kappa shape index (κ3) is 7.85. The number of esters is 2. The lowest BCUT2D eigenvalue weighted by Crippen LogP contribution is -2.56. The molecule has 4 rings (SSSR count). The molecule has 2 atom stereocenters. The van der Waals surface area contributed by atoms with E-state index < -0.39 is 60.7 Å². The van der Waals surface area contributed by atoms with E-state index >= 15 is 0 Å². The fourth-order valence-corrected chi connectivity index (χ4v) is 3.95. The Hall–Kier alpha value is -5.38. The van der Waals surface area contributed by atoms with E-state index in [1.54, 1.807) is 36.4 Å². The van der Waals surface area contributed by atoms with Crippen molar-refractivity contribution in [1.29, 1.82) is 0 Å². The monoisotopic (exact) mass is 572 g/mol. The first-order valence-corrected chi connectivity index (χ1v) is 12.9. The summed E-state index contributed by atoms with van der Waals surface area (Å²) in [5.41, 5.74) is -0.173. The lowest BCUT2D eigenvalue weighted by molar-refractivity contribution is 0.0320. The molecule has 0 aliphatic carbocycles. The van der Waals surface area contributed by atoms with Crippen molar-refractivity contribution in [3.05, 3.63) is 143 Å². The molecular weight excluding hydrogens is 546 g/mol. The van der Waals surface area contributed by atoms with Gasteiger partial charge in [-0.25, -0.2) is 18.4 Å². The zero-order chi connectivity index (χ0) is 29.9. The van der Waals surface area contributed by atoms with Crippen LogP contribution < -0.4 is 10.6 Å².